The third-order valence-electron chi connectivity index (χ3n) is 5.11. The summed E-state index contributed by atoms with van der Waals surface area (Å²) in [4.78, 5) is 17.2. The molecular weight excluding hydrogens is 364 g/mol. The first-order valence-corrected chi connectivity index (χ1v) is 9.69. The van der Waals surface area contributed by atoms with Crippen molar-refractivity contribution in [3.8, 4) is 11.1 Å². The number of fused-ring (bicyclic) bond motifs is 1. The van der Waals surface area contributed by atoms with Gasteiger partial charge in [0, 0.05) is 18.1 Å². The molecule has 0 aliphatic carbocycles. The molecule has 29 heavy (non-hydrogen) atoms. The fraction of sp³-hybridized carbons (Fsp3) is 0.273. The Morgan fingerprint density at radius 1 is 1.14 bits per heavy atom. The van der Waals surface area contributed by atoms with Gasteiger partial charge in [-0.15, -0.1) is 0 Å². The number of hydrogen-bond acceptors (Lipinski definition) is 4. The van der Waals surface area contributed by atoms with Crippen molar-refractivity contribution in [2.24, 2.45) is 0 Å². The zero-order chi connectivity index (χ0) is 20.5. The largest absolute Gasteiger partial charge is 0.322 e. The Kier molecular flexibility index (Phi) is 4.88. The first-order chi connectivity index (χ1) is 14.0. The van der Waals surface area contributed by atoms with Crippen LogP contribution in [0.3, 0.4) is 0 Å². The number of nitrogens with zero attached hydrogens (tertiary/aromatic N) is 5. The van der Waals surface area contributed by atoms with Crippen LogP contribution < -0.4 is 5.32 Å². The van der Waals surface area contributed by atoms with Crippen LogP contribution in [0, 0.1) is 20.8 Å². The topological polar surface area (TPSA) is 77.6 Å². The predicted molar refractivity (Wildman–Crippen MR) is 114 cm³/mol. The van der Waals surface area contributed by atoms with Crippen LogP contribution in [0.25, 0.3) is 22.2 Å². The van der Waals surface area contributed by atoms with Crippen LogP contribution in [0.2, 0.25) is 0 Å². The van der Waals surface area contributed by atoms with E-state index in [-0.39, 0.29) is 12.5 Å². The van der Waals surface area contributed by atoms with E-state index in [0.717, 1.165) is 40.1 Å². The van der Waals surface area contributed by atoms with Crippen molar-refractivity contribution >= 4 is 22.6 Å². The number of pyridine rings is 1. The Bertz CT molecular complexity index is 1200. The number of amides is 1. The van der Waals surface area contributed by atoms with Gasteiger partial charge in [0.25, 0.3) is 0 Å². The minimum Gasteiger partial charge on any atom is -0.322 e. The molecule has 0 atom stereocenters. The van der Waals surface area contributed by atoms with E-state index in [1.54, 1.807) is 17.1 Å². The van der Waals surface area contributed by atoms with E-state index in [2.05, 4.69) is 45.6 Å². The quantitative estimate of drug-likeness (QED) is 0.563. The van der Waals surface area contributed by atoms with Crippen molar-refractivity contribution in [1.82, 2.24) is 24.5 Å². The number of carbonyl (C=O) groups is 1. The van der Waals surface area contributed by atoms with Crippen LogP contribution in [-0.2, 0) is 17.9 Å². The highest BCUT2D eigenvalue weighted by Crippen LogP contribution is 2.30. The van der Waals surface area contributed by atoms with Gasteiger partial charge in [-0.05, 0) is 44.9 Å². The lowest BCUT2D eigenvalue weighted by Gasteiger charge is -2.07. The average molecular weight is 388 g/mol. The van der Waals surface area contributed by atoms with E-state index < -0.39 is 0 Å². The van der Waals surface area contributed by atoms with Crippen molar-refractivity contribution in [3.63, 3.8) is 0 Å². The summed E-state index contributed by atoms with van der Waals surface area (Å²) < 4.78 is 3.51. The van der Waals surface area contributed by atoms with Gasteiger partial charge in [0.15, 0.2) is 5.65 Å². The van der Waals surface area contributed by atoms with Crippen molar-refractivity contribution in [2.45, 2.75) is 40.8 Å². The van der Waals surface area contributed by atoms with E-state index in [0.29, 0.717) is 5.65 Å². The second-order valence-corrected chi connectivity index (χ2v) is 7.18. The third-order valence-corrected chi connectivity index (χ3v) is 5.11. The summed E-state index contributed by atoms with van der Waals surface area (Å²) >= 11 is 0. The Labute approximate surface area is 169 Å². The molecule has 0 radical (unpaired) electrons. The molecule has 0 unspecified atom stereocenters. The summed E-state index contributed by atoms with van der Waals surface area (Å²) in [5.74, 6) is -0.157. The Morgan fingerprint density at radius 2 is 1.97 bits per heavy atom. The van der Waals surface area contributed by atoms with Gasteiger partial charge in [0.1, 0.15) is 6.54 Å². The lowest BCUT2D eigenvalue weighted by atomic mass is 10.0. The maximum atomic E-state index is 12.6. The molecular formula is C22H24N6O. The molecule has 4 rings (SSSR count). The lowest BCUT2D eigenvalue weighted by Crippen LogP contribution is -2.20. The average Bonchev–Trinajstić information content (AvgIpc) is 3.21. The predicted octanol–water partition coefficient (Wildman–Crippen LogP) is 3.88. The molecule has 0 bridgehead atoms. The molecule has 0 aliphatic heterocycles. The molecule has 0 fully saturated rings. The molecule has 7 heteroatoms. The van der Waals surface area contributed by atoms with Gasteiger partial charge in [-0.25, -0.2) is 9.67 Å². The highest BCUT2D eigenvalue weighted by molar-refractivity contribution is 5.96. The number of carbonyl (C=O) groups excluding carboxylic acids is 1. The van der Waals surface area contributed by atoms with Gasteiger partial charge in [0.05, 0.1) is 23.3 Å². The maximum absolute atomic E-state index is 12.6. The van der Waals surface area contributed by atoms with Gasteiger partial charge in [-0.1, -0.05) is 29.8 Å². The smallest absolute Gasteiger partial charge is 0.246 e. The standard InChI is InChI=1S/C22H24N6O/c1-5-27-16(4)19(12-24-27)25-20(29)13-28-22-21(15(3)26-28)18(9-10-23-22)17-8-6-7-14(2)11-17/h6-12H,5,13H2,1-4H3,(H,25,29). The number of aromatic nitrogens is 5. The summed E-state index contributed by atoms with van der Waals surface area (Å²) in [7, 11) is 0. The summed E-state index contributed by atoms with van der Waals surface area (Å²) in [6.07, 6.45) is 3.45. The molecule has 148 valence electrons. The van der Waals surface area contributed by atoms with Crippen LogP contribution in [0.15, 0.2) is 42.7 Å². The molecule has 4 aromatic rings. The number of aryl methyl sites for hydroxylation is 3. The first kappa shape index (κ1) is 18.9. The van der Waals surface area contributed by atoms with Gasteiger partial charge >= 0.3 is 0 Å². The Hall–Kier alpha value is -3.48. The van der Waals surface area contributed by atoms with Crippen LogP contribution >= 0.6 is 0 Å². The fourth-order valence-corrected chi connectivity index (χ4v) is 3.66. The third kappa shape index (κ3) is 3.51. The molecule has 0 spiro atoms. The molecule has 0 saturated carbocycles. The van der Waals surface area contributed by atoms with E-state index >= 15 is 0 Å². The SMILES string of the molecule is CCn1ncc(NC(=O)Cn2nc(C)c3c(-c4cccc(C)c4)ccnc32)c1C. The number of anilines is 1. The monoisotopic (exact) mass is 388 g/mol. The number of rotatable bonds is 5. The van der Waals surface area contributed by atoms with Crippen molar-refractivity contribution < 1.29 is 4.79 Å². The molecule has 1 aromatic carbocycles. The molecule has 7 nitrogen and oxygen atoms in total. The van der Waals surface area contributed by atoms with E-state index in [1.807, 2.05) is 37.6 Å². The molecule has 1 N–H and O–H groups in total. The van der Waals surface area contributed by atoms with Gasteiger partial charge in [-0.3, -0.25) is 9.48 Å². The van der Waals surface area contributed by atoms with Crippen molar-refractivity contribution in [2.75, 3.05) is 5.32 Å². The lowest BCUT2D eigenvalue weighted by molar-refractivity contribution is -0.116. The number of nitrogens with one attached hydrogen (secondary N) is 1. The van der Waals surface area contributed by atoms with Crippen LogP contribution in [0.4, 0.5) is 5.69 Å². The molecule has 0 saturated heterocycles. The van der Waals surface area contributed by atoms with Crippen molar-refractivity contribution in [1.29, 1.82) is 0 Å². The van der Waals surface area contributed by atoms with Gasteiger partial charge in [0.2, 0.25) is 5.91 Å². The molecule has 1 amide bonds. The van der Waals surface area contributed by atoms with E-state index in [1.165, 1.54) is 5.56 Å². The molecule has 0 aliphatic rings. The molecule has 3 aromatic heterocycles. The summed E-state index contributed by atoms with van der Waals surface area (Å²) in [6.45, 7) is 8.83. The zero-order valence-electron chi connectivity index (χ0n) is 17.1. The maximum Gasteiger partial charge on any atom is 0.246 e. The van der Waals surface area contributed by atoms with Crippen LogP contribution in [0.5, 0.6) is 0 Å². The highest BCUT2D eigenvalue weighted by Gasteiger charge is 2.17. The van der Waals surface area contributed by atoms with E-state index in [9.17, 15) is 4.79 Å². The Balaban J connectivity index is 1.66. The number of hydrogen-bond donors (Lipinski definition) is 1. The first-order valence-electron chi connectivity index (χ1n) is 9.69. The highest BCUT2D eigenvalue weighted by atomic mass is 16.2. The van der Waals surface area contributed by atoms with Gasteiger partial charge in [-0.2, -0.15) is 10.2 Å². The zero-order valence-corrected chi connectivity index (χ0v) is 17.1. The Morgan fingerprint density at radius 3 is 2.69 bits per heavy atom. The normalized spacial score (nSPS) is 11.2. The minimum absolute atomic E-state index is 0.0886. The minimum atomic E-state index is -0.157. The molecule has 3 heterocycles. The van der Waals surface area contributed by atoms with Crippen LogP contribution in [0.1, 0.15) is 23.9 Å². The van der Waals surface area contributed by atoms with Gasteiger partial charge < -0.3 is 5.32 Å². The summed E-state index contributed by atoms with van der Waals surface area (Å²) in [6, 6.07) is 10.3. The van der Waals surface area contributed by atoms with Crippen molar-refractivity contribution in [3.05, 3.63) is 59.7 Å². The van der Waals surface area contributed by atoms with E-state index in [4.69, 9.17) is 0 Å². The second kappa shape index (κ2) is 7.50. The number of benzene rings is 1. The summed E-state index contributed by atoms with van der Waals surface area (Å²) in [5.41, 5.74) is 6.60. The second-order valence-electron chi connectivity index (χ2n) is 7.18. The van der Waals surface area contributed by atoms with Crippen LogP contribution in [-0.4, -0.2) is 30.5 Å². The summed E-state index contributed by atoms with van der Waals surface area (Å²) in [5, 5.41) is 12.8. The fourth-order valence-electron chi connectivity index (χ4n) is 3.66.